The van der Waals surface area contributed by atoms with Gasteiger partial charge in [0.25, 0.3) is 5.91 Å². The molecule has 0 bridgehead atoms. The number of aryl methyl sites for hydroxylation is 2. The Bertz CT molecular complexity index is 895. The number of amides is 1. The number of nitrogens with zero attached hydrogens (tertiary/aromatic N) is 2. The molecule has 0 aliphatic rings. The fourth-order valence-corrected chi connectivity index (χ4v) is 2.41. The van der Waals surface area contributed by atoms with E-state index in [1.165, 1.54) is 0 Å². The summed E-state index contributed by atoms with van der Waals surface area (Å²) in [6, 6.07) is 14.2. The molecule has 0 aliphatic carbocycles. The zero-order valence-corrected chi connectivity index (χ0v) is 13.5. The van der Waals surface area contributed by atoms with Crippen LogP contribution in [0.1, 0.15) is 32.1 Å². The smallest absolute Gasteiger partial charge is 0.255 e. The average molecular weight is 319 g/mol. The summed E-state index contributed by atoms with van der Waals surface area (Å²) >= 11 is 0. The van der Waals surface area contributed by atoms with Crippen molar-refractivity contribution in [3.63, 3.8) is 0 Å². The normalized spacial score (nSPS) is 10.4. The van der Waals surface area contributed by atoms with E-state index in [2.05, 4.69) is 10.3 Å². The molecule has 3 rings (SSSR count). The highest BCUT2D eigenvalue weighted by Gasteiger charge is 2.14. The summed E-state index contributed by atoms with van der Waals surface area (Å²) in [5.74, 6) is 0.0486. The highest BCUT2D eigenvalue weighted by Crippen LogP contribution is 2.14. The molecule has 1 aromatic heterocycles. The first-order chi connectivity index (χ1) is 11.5. The van der Waals surface area contributed by atoms with E-state index in [9.17, 15) is 9.59 Å². The second kappa shape index (κ2) is 6.50. The maximum absolute atomic E-state index is 12.4. The Morgan fingerprint density at radius 3 is 2.42 bits per heavy atom. The molecule has 3 aromatic rings. The zero-order valence-electron chi connectivity index (χ0n) is 13.5. The minimum absolute atomic E-state index is 0.154. The van der Waals surface area contributed by atoms with Crippen molar-refractivity contribution in [2.75, 3.05) is 5.32 Å². The number of hydrogen-bond acceptors (Lipinski definition) is 3. The molecule has 0 spiro atoms. The fraction of sp³-hybridized carbons (Fsp3) is 0.105. The Morgan fingerprint density at radius 2 is 1.79 bits per heavy atom. The highest BCUT2D eigenvalue weighted by molar-refractivity contribution is 6.07. The second-order valence-corrected chi connectivity index (χ2v) is 5.59. The third-order valence-electron chi connectivity index (χ3n) is 3.71. The first kappa shape index (κ1) is 15.7. The van der Waals surface area contributed by atoms with E-state index in [1.54, 1.807) is 54.3 Å². The van der Waals surface area contributed by atoms with Crippen LogP contribution in [0.15, 0.2) is 60.9 Å². The van der Waals surface area contributed by atoms with Crippen molar-refractivity contribution in [1.29, 1.82) is 0 Å². The van der Waals surface area contributed by atoms with Gasteiger partial charge in [-0.15, -0.1) is 0 Å². The number of carbonyl (C=O) groups excluding carboxylic acids is 2. The van der Waals surface area contributed by atoms with Gasteiger partial charge in [0.1, 0.15) is 0 Å². The van der Waals surface area contributed by atoms with Crippen LogP contribution in [0.3, 0.4) is 0 Å². The molecular weight excluding hydrogens is 302 g/mol. The van der Waals surface area contributed by atoms with Gasteiger partial charge >= 0.3 is 0 Å². The molecule has 2 aromatic carbocycles. The number of aromatic nitrogens is 2. The van der Waals surface area contributed by atoms with E-state index in [0.717, 1.165) is 5.56 Å². The van der Waals surface area contributed by atoms with Gasteiger partial charge in [-0.1, -0.05) is 17.7 Å². The summed E-state index contributed by atoms with van der Waals surface area (Å²) < 4.78 is 1.68. The predicted molar refractivity (Wildman–Crippen MR) is 92.2 cm³/mol. The second-order valence-electron chi connectivity index (χ2n) is 5.59. The van der Waals surface area contributed by atoms with E-state index in [4.69, 9.17) is 0 Å². The Labute approximate surface area is 140 Å². The van der Waals surface area contributed by atoms with Crippen LogP contribution in [0, 0.1) is 6.92 Å². The van der Waals surface area contributed by atoms with Crippen LogP contribution < -0.4 is 5.32 Å². The third-order valence-corrected chi connectivity index (χ3v) is 3.71. The molecule has 1 heterocycles. The molecule has 0 fully saturated rings. The Morgan fingerprint density at radius 1 is 1.04 bits per heavy atom. The Hall–Kier alpha value is -3.21. The number of rotatable bonds is 4. The molecule has 1 N–H and O–H groups in total. The van der Waals surface area contributed by atoms with Crippen LogP contribution in [0.5, 0.6) is 0 Å². The molecule has 0 unspecified atom stereocenters. The Kier molecular flexibility index (Phi) is 4.24. The lowest BCUT2D eigenvalue weighted by Crippen LogP contribution is -2.12. The molecule has 0 saturated heterocycles. The predicted octanol–water partition coefficient (Wildman–Crippen LogP) is 3.21. The number of imidazole rings is 1. The van der Waals surface area contributed by atoms with E-state index >= 15 is 0 Å². The summed E-state index contributed by atoms with van der Waals surface area (Å²) in [5.41, 5.74) is 2.79. The molecule has 24 heavy (non-hydrogen) atoms. The van der Waals surface area contributed by atoms with E-state index in [1.807, 2.05) is 25.1 Å². The maximum atomic E-state index is 12.4. The summed E-state index contributed by atoms with van der Waals surface area (Å²) in [6.45, 7) is 1.94. The highest BCUT2D eigenvalue weighted by atomic mass is 16.1. The minimum Gasteiger partial charge on any atom is -0.331 e. The van der Waals surface area contributed by atoms with Gasteiger partial charge in [0, 0.05) is 36.3 Å². The van der Waals surface area contributed by atoms with Crippen molar-refractivity contribution in [1.82, 2.24) is 9.55 Å². The van der Waals surface area contributed by atoms with Crippen molar-refractivity contribution < 1.29 is 9.59 Å². The van der Waals surface area contributed by atoms with Gasteiger partial charge in [0.05, 0.1) is 0 Å². The summed E-state index contributed by atoms with van der Waals surface area (Å²) in [5, 5.41) is 2.83. The van der Waals surface area contributed by atoms with Crippen molar-refractivity contribution in [3.8, 4) is 0 Å². The van der Waals surface area contributed by atoms with Crippen molar-refractivity contribution in [3.05, 3.63) is 83.4 Å². The first-order valence-corrected chi connectivity index (χ1v) is 7.55. The molecular formula is C19H17N3O2. The SMILES string of the molecule is Cc1cccc(C(=O)Nc2ccc(C(=O)c3nccn3C)cc2)c1. The van der Waals surface area contributed by atoms with E-state index in [-0.39, 0.29) is 11.7 Å². The lowest BCUT2D eigenvalue weighted by Gasteiger charge is -2.07. The monoisotopic (exact) mass is 319 g/mol. The number of carbonyl (C=O) groups is 2. The van der Waals surface area contributed by atoms with Crippen LogP contribution in [0.4, 0.5) is 5.69 Å². The quantitative estimate of drug-likeness (QED) is 0.751. The number of benzene rings is 2. The number of hydrogen-bond donors (Lipinski definition) is 1. The van der Waals surface area contributed by atoms with Gasteiger partial charge in [-0.25, -0.2) is 4.98 Å². The van der Waals surface area contributed by atoms with Gasteiger partial charge in [0.2, 0.25) is 5.78 Å². The molecule has 1 amide bonds. The molecule has 0 atom stereocenters. The van der Waals surface area contributed by atoms with Gasteiger partial charge in [0.15, 0.2) is 5.82 Å². The lowest BCUT2D eigenvalue weighted by molar-refractivity contribution is 0.102. The van der Waals surface area contributed by atoms with E-state index < -0.39 is 0 Å². The molecule has 0 radical (unpaired) electrons. The maximum Gasteiger partial charge on any atom is 0.255 e. The minimum atomic E-state index is -0.179. The van der Waals surface area contributed by atoms with Crippen LogP contribution in [0.2, 0.25) is 0 Å². The van der Waals surface area contributed by atoms with Crippen LogP contribution in [0.25, 0.3) is 0 Å². The number of nitrogens with one attached hydrogen (secondary N) is 1. The van der Waals surface area contributed by atoms with Gasteiger partial charge in [-0.2, -0.15) is 0 Å². The summed E-state index contributed by atoms with van der Waals surface area (Å²) in [6.07, 6.45) is 3.31. The Balaban J connectivity index is 1.74. The molecule has 5 nitrogen and oxygen atoms in total. The van der Waals surface area contributed by atoms with Gasteiger partial charge in [-0.3, -0.25) is 9.59 Å². The van der Waals surface area contributed by atoms with Crippen LogP contribution >= 0.6 is 0 Å². The third kappa shape index (κ3) is 3.25. The average Bonchev–Trinajstić information content (AvgIpc) is 3.01. The molecule has 0 aliphatic heterocycles. The van der Waals surface area contributed by atoms with Crippen molar-refractivity contribution in [2.45, 2.75) is 6.92 Å². The van der Waals surface area contributed by atoms with Crippen LogP contribution in [-0.4, -0.2) is 21.2 Å². The molecule has 120 valence electrons. The van der Waals surface area contributed by atoms with Crippen molar-refractivity contribution >= 4 is 17.4 Å². The number of anilines is 1. The van der Waals surface area contributed by atoms with Gasteiger partial charge in [-0.05, 0) is 43.3 Å². The molecule has 5 heteroatoms. The zero-order chi connectivity index (χ0) is 17.1. The fourth-order valence-electron chi connectivity index (χ4n) is 2.41. The van der Waals surface area contributed by atoms with E-state index in [0.29, 0.717) is 22.6 Å². The standard InChI is InChI=1S/C19H17N3O2/c1-13-4-3-5-15(12-13)19(24)21-16-8-6-14(7-9-16)17(23)18-20-10-11-22(18)2/h3-12H,1-2H3,(H,21,24). The largest absolute Gasteiger partial charge is 0.331 e. The first-order valence-electron chi connectivity index (χ1n) is 7.55. The van der Waals surface area contributed by atoms with Gasteiger partial charge < -0.3 is 9.88 Å². The summed E-state index contributed by atoms with van der Waals surface area (Å²) in [4.78, 5) is 28.6. The lowest BCUT2D eigenvalue weighted by atomic mass is 10.1. The molecule has 0 saturated carbocycles. The van der Waals surface area contributed by atoms with Crippen LogP contribution in [-0.2, 0) is 7.05 Å². The van der Waals surface area contributed by atoms with Crippen molar-refractivity contribution in [2.24, 2.45) is 7.05 Å². The number of ketones is 1. The topological polar surface area (TPSA) is 64.0 Å². The summed E-state index contributed by atoms with van der Waals surface area (Å²) in [7, 11) is 1.77.